The lowest BCUT2D eigenvalue weighted by molar-refractivity contribution is 1.43. The molecule has 0 unspecified atom stereocenters. The Morgan fingerprint density at radius 3 is 1.04 bits per heavy atom. The maximum absolute atomic E-state index is 5.31. The molecule has 0 aliphatic rings. The molecule has 0 saturated carbocycles. The van der Waals surface area contributed by atoms with Crippen LogP contribution in [0.25, 0.3) is 132 Å². The first-order valence-electron chi connectivity index (χ1n) is 24.1. The van der Waals surface area contributed by atoms with Gasteiger partial charge in [0.25, 0.3) is 0 Å². The van der Waals surface area contributed by atoms with Gasteiger partial charge in [-0.2, -0.15) is 0 Å². The van der Waals surface area contributed by atoms with Crippen LogP contribution in [0.2, 0.25) is 0 Å². The molecule has 1 nitrogen and oxygen atoms in total. The summed E-state index contributed by atoms with van der Waals surface area (Å²) in [6.07, 6.45) is 0. The molecular formula is C69H45N. The molecule has 0 atom stereocenters. The van der Waals surface area contributed by atoms with Crippen molar-refractivity contribution in [2.24, 2.45) is 0 Å². The second kappa shape index (κ2) is 17.5. The smallest absolute Gasteiger partial charge is 0.0788 e. The minimum absolute atomic E-state index is 0.996. The van der Waals surface area contributed by atoms with Gasteiger partial charge in [0.1, 0.15) is 0 Å². The van der Waals surface area contributed by atoms with Crippen molar-refractivity contribution in [1.82, 2.24) is 4.98 Å². The second-order valence-electron chi connectivity index (χ2n) is 18.1. The summed E-state index contributed by atoms with van der Waals surface area (Å²) >= 11 is 0. The number of hydrogen-bond acceptors (Lipinski definition) is 1. The molecule has 0 aliphatic carbocycles. The van der Waals surface area contributed by atoms with Gasteiger partial charge in [-0.3, -0.25) is 0 Å². The molecular weight excluding hydrogens is 843 g/mol. The monoisotopic (exact) mass is 887 g/mol. The van der Waals surface area contributed by atoms with Crippen LogP contribution in [0.5, 0.6) is 0 Å². The zero-order valence-corrected chi connectivity index (χ0v) is 38.4. The number of rotatable bonds is 8. The summed E-state index contributed by atoms with van der Waals surface area (Å²) < 4.78 is 0. The fourth-order valence-corrected chi connectivity index (χ4v) is 11.0. The van der Waals surface area contributed by atoms with E-state index in [0.29, 0.717) is 0 Å². The Bertz CT molecular complexity index is 4030. The van der Waals surface area contributed by atoms with Crippen LogP contribution in [0.15, 0.2) is 273 Å². The number of fused-ring (bicyclic) bond motifs is 5. The number of pyridine rings is 1. The molecule has 0 fully saturated rings. The Labute approximate surface area is 408 Å². The lowest BCUT2D eigenvalue weighted by atomic mass is 9.78. The fourth-order valence-electron chi connectivity index (χ4n) is 11.0. The number of para-hydroxylation sites is 1. The molecule has 1 heterocycles. The van der Waals surface area contributed by atoms with Gasteiger partial charge >= 0.3 is 0 Å². The van der Waals surface area contributed by atoms with Gasteiger partial charge in [-0.05, 0) is 129 Å². The zero-order valence-electron chi connectivity index (χ0n) is 38.4. The van der Waals surface area contributed by atoms with Gasteiger partial charge in [0, 0.05) is 16.3 Å². The van der Waals surface area contributed by atoms with Crippen molar-refractivity contribution in [2.75, 3.05) is 0 Å². The van der Waals surface area contributed by atoms with Crippen LogP contribution in [0, 0.1) is 0 Å². The molecule has 0 radical (unpaired) electrons. The van der Waals surface area contributed by atoms with Crippen LogP contribution in [-0.2, 0) is 0 Å². The van der Waals surface area contributed by atoms with Crippen molar-refractivity contribution in [3.05, 3.63) is 273 Å². The van der Waals surface area contributed by atoms with E-state index in [9.17, 15) is 0 Å². The van der Waals surface area contributed by atoms with Crippen molar-refractivity contribution >= 4 is 43.2 Å². The molecule has 1 heteroatoms. The zero-order chi connectivity index (χ0) is 46.4. The Kier molecular flexibility index (Phi) is 10.3. The highest BCUT2D eigenvalue weighted by Gasteiger charge is 2.25. The molecule has 326 valence electrons. The standard InChI is InChI=1S/C69H45N/c1-5-23-46(24-6-1)61-45-62(67(48-27-9-3-10-28-48)68(49-29-11-4-12-30-49)66(61)47-25-7-2-8-26-47)50-31-21-32-51(43-50)64-56-37-14-16-39-58(56)65(59-40-17-15-38-57(59)64)52-33-22-34-53(44-52)69-60-41-18-13-35-54(60)55-36-19-20-42-63(55)70-69/h1-45H. The maximum Gasteiger partial charge on any atom is 0.0788 e. The second-order valence-corrected chi connectivity index (χ2v) is 18.1. The first-order valence-corrected chi connectivity index (χ1v) is 24.1. The average Bonchev–Trinajstić information content (AvgIpc) is 3.44. The van der Waals surface area contributed by atoms with Crippen molar-refractivity contribution in [3.8, 4) is 89.1 Å². The predicted molar refractivity (Wildman–Crippen MR) is 298 cm³/mol. The Morgan fingerprint density at radius 2 is 0.529 bits per heavy atom. The predicted octanol–water partition coefficient (Wildman–Crippen LogP) is 19.0. The molecule has 0 bridgehead atoms. The number of benzene rings is 12. The van der Waals surface area contributed by atoms with Crippen molar-refractivity contribution in [3.63, 3.8) is 0 Å². The molecule has 0 N–H and O–H groups in total. The molecule has 13 aromatic rings. The summed E-state index contributed by atoms with van der Waals surface area (Å²) in [4.78, 5) is 5.31. The average molecular weight is 888 g/mol. The van der Waals surface area contributed by atoms with Crippen LogP contribution >= 0.6 is 0 Å². The van der Waals surface area contributed by atoms with Crippen LogP contribution in [0.3, 0.4) is 0 Å². The third-order valence-electron chi connectivity index (χ3n) is 14.0. The van der Waals surface area contributed by atoms with Gasteiger partial charge in [-0.1, -0.05) is 249 Å². The molecule has 0 aliphatic heterocycles. The van der Waals surface area contributed by atoms with Crippen LogP contribution < -0.4 is 0 Å². The van der Waals surface area contributed by atoms with E-state index in [1.54, 1.807) is 0 Å². The topological polar surface area (TPSA) is 12.9 Å². The van der Waals surface area contributed by atoms with Crippen LogP contribution in [-0.4, -0.2) is 4.98 Å². The third kappa shape index (κ3) is 7.07. The molecule has 12 aromatic carbocycles. The van der Waals surface area contributed by atoms with Crippen molar-refractivity contribution in [1.29, 1.82) is 0 Å². The Morgan fingerprint density at radius 1 is 0.186 bits per heavy atom. The van der Waals surface area contributed by atoms with E-state index >= 15 is 0 Å². The normalized spacial score (nSPS) is 11.4. The SMILES string of the molecule is c1ccc(-c2cc(-c3cccc(-c4c5ccccc5c(-c5cccc(-c6nc7ccccc7c7ccccc67)c5)c5ccccc45)c3)c(-c3ccccc3)c(-c3ccccc3)c2-c2ccccc2)cc1. The highest BCUT2D eigenvalue weighted by Crippen LogP contribution is 2.51. The molecule has 0 amide bonds. The first-order chi connectivity index (χ1) is 34.8. The summed E-state index contributed by atoms with van der Waals surface area (Å²) in [6.45, 7) is 0. The number of aromatic nitrogens is 1. The quantitative estimate of drug-likeness (QED) is 0.109. The van der Waals surface area contributed by atoms with E-state index in [-0.39, 0.29) is 0 Å². The van der Waals surface area contributed by atoms with E-state index in [1.165, 1.54) is 99.1 Å². The Balaban J connectivity index is 1.05. The molecule has 0 spiro atoms. The highest BCUT2D eigenvalue weighted by molar-refractivity contribution is 6.22. The van der Waals surface area contributed by atoms with E-state index in [4.69, 9.17) is 4.98 Å². The summed E-state index contributed by atoms with van der Waals surface area (Å²) in [5.74, 6) is 0. The summed E-state index contributed by atoms with van der Waals surface area (Å²) in [5.41, 5.74) is 19.8. The largest absolute Gasteiger partial charge is 0.247 e. The molecule has 0 saturated heterocycles. The number of nitrogens with zero attached hydrogens (tertiary/aromatic N) is 1. The van der Waals surface area contributed by atoms with Gasteiger partial charge in [0.2, 0.25) is 0 Å². The Hall–Kier alpha value is -9.17. The van der Waals surface area contributed by atoms with Crippen molar-refractivity contribution in [2.45, 2.75) is 0 Å². The van der Waals surface area contributed by atoms with Gasteiger partial charge in [0.15, 0.2) is 0 Å². The summed E-state index contributed by atoms with van der Waals surface area (Å²) in [5, 5.41) is 8.39. The fraction of sp³-hybridized carbons (Fsp3) is 0. The first kappa shape index (κ1) is 41.1. The van der Waals surface area contributed by atoms with E-state index in [2.05, 4.69) is 273 Å². The van der Waals surface area contributed by atoms with E-state index < -0.39 is 0 Å². The highest BCUT2D eigenvalue weighted by atomic mass is 14.7. The number of hydrogen-bond donors (Lipinski definition) is 0. The van der Waals surface area contributed by atoms with Crippen LogP contribution in [0.4, 0.5) is 0 Å². The van der Waals surface area contributed by atoms with E-state index in [1.807, 2.05) is 0 Å². The van der Waals surface area contributed by atoms with Gasteiger partial charge in [-0.15, -0.1) is 0 Å². The minimum atomic E-state index is 0.996. The lowest BCUT2D eigenvalue weighted by Gasteiger charge is -2.25. The molecule has 13 rings (SSSR count). The van der Waals surface area contributed by atoms with Gasteiger partial charge in [-0.25, -0.2) is 4.98 Å². The lowest BCUT2D eigenvalue weighted by Crippen LogP contribution is -1.98. The molecule has 1 aromatic heterocycles. The summed E-state index contributed by atoms with van der Waals surface area (Å²) in [7, 11) is 0. The minimum Gasteiger partial charge on any atom is -0.247 e. The van der Waals surface area contributed by atoms with Gasteiger partial charge < -0.3 is 0 Å². The summed E-state index contributed by atoms with van der Waals surface area (Å²) in [6, 6.07) is 99.5. The third-order valence-corrected chi connectivity index (χ3v) is 14.0. The maximum atomic E-state index is 5.31. The van der Waals surface area contributed by atoms with Crippen molar-refractivity contribution < 1.29 is 0 Å². The van der Waals surface area contributed by atoms with Crippen LogP contribution in [0.1, 0.15) is 0 Å². The molecule has 70 heavy (non-hydrogen) atoms. The van der Waals surface area contributed by atoms with E-state index in [0.717, 1.165) is 33.3 Å². The van der Waals surface area contributed by atoms with Gasteiger partial charge in [0.05, 0.1) is 11.2 Å².